The van der Waals surface area contributed by atoms with E-state index in [4.69, 9.17) is 0 Å². The van der Waals surface area contributed by atoms with Crippen LogP contribution in [0.25, 0.3) is 0 Å². The molecule has 1 aliphatic rings. The number of amides is 3. The van der Waals surface area contributed by atoms with Gasteiger partial charge in [0.2, 0.25) is 5.91 Å². The van der Waals surface area contributed by atoms with E-state index in [0.29, 0.717) is 18.8 Å². The highest BCUT2D eigenvalue weighted by molar-refractivity contribution is 5.95. The summed E-state index contributed by atoms with van der Waals surface area (Å²) < 4.78 is 13.1. The standard InChI is InChI=1S/C27H28FN3O2/c1-19-7-8-22(15-20(19)2)18-30-13-4-14-31(27(30)33)25-6-3-5-24(17-25)29-26(32)16-21-9-11-23(28)12-10-21/h3,5-12,15,17H,4,13-14,16,18H2,1-2H3,(H,29,32). The van der Waals surface area contributed by atoms with E-state index < -0.39 is 0 Å². The quantitative estimate of drug-likeness (QED) is 0.548. The predicted molar refractivity (Wildman–Crippen MR) is 129 cm³/mol. The number of carbonyl (C=O) groups is 2. The average molecular weight is 446 g/mol. The Kier molecular flexibility index (Phi) is 6.73. The first kappa shape index (κ1) is 22.5. The van der Waals surface area contributed by atoms with E-state index in [1.54, 1.807) is 23.1 Å². The minimum atomic E-state index is -0.329. The Labute approximate surface area is 193 Å². The molecule has 1 saturated heterocycles. The lowest BCUT2D eigenvalue weighted by atomic mass is 10.1. The van der Waals surface area contributed by atoms with Gasteiger partial charge in [0.25, 0.3) is 0 Å². The molecule has 1 N–H and O–H groups in total. The molecule has 1 fully saturated rings. The third kappa shape index (κ3) is 5.58. The monoisotopic (exact) mass is 445 g/mol. The van der Waals surface area contributed by atoms with Crippen molar-refractivity contribution >= 4 is 23.3 Å². The highest BCUT2D eigenvalue weighted by Crippen LogP contribution is 2.25. The number of urea groups is 1. The molecule has 4 rings (SSSR count). The van der Waals surface area contributed by atoms with E-state index >= 15 is 0 Å². The van der Waals surface area contributed by atoms with Crippen molar-refractivity contribution in [3.63, 3.8) is 0 Å². The third-order valence-electron chi connectivity index (χ3n) is 5.98. The van der Waals surface area contributed by atoms with Crippen LogP contribution in [0.3, 0.4) is 0 Å². The van der Waals surface area contributed by atoms with Gasteiger partial charge in [-0.1, -0.05) is 36.4 Å². The first-order valence-electron chi connectivity index (χ1n) is 11.2. The Hall–Kier alpha value is -3.67. The van der Waals surface area contributed by atoms with Gasteiger partial charge in [-0.2, -0.15) is 0 Å². The van der Waals surface area contributed by atoms with Crippen molar-refractivity contribution in [1.29, 1.82) is 0 Å². The van der Waals surface area contributed by atoms with Crippen LogP contribution in [-0.4, -0.2) is 29.9 Å². The zero-order valence-corrected chi connectivity index (χ0v) is 19.0. The smallest absolute Gasteiger partial charge is 0.324 e. The minimum absolute atomic E-state index is 0.0331. The van der Waals surface area contributed by atoms with Crippen LogP contribution in [0, 0.1) is 19.7 Å². The first-order chi connectivity index (χ1) is 15.9. The molecule has 0 spiro atoms. The van der Waals surface area contributed by atoms with Gasteiger partial charge in [-0.3, -0.25) is 9.69 Å². The lowest BCUT2D eigenvalue weighted by molar-refractivity contribution is -0.115. The van der Waals surface area contributed by atoms with Gasteiger partial charge in [0.15, 0.2) is 0 Å². The molecule has 33 heavy (non-hydrogen) atoms. The second-order valence-electron chi connectivity index (χ2n) is 8.53. The Balaban J connectivity index is 1.43. The van der Waals surface area contributed by atoms with Gasteiger partial charge >= 0.3 is 6.03 Å². The maximum atomic E-state index is 13.2. The average Bonchev–Trinajstić information content (AvgIpc) is 2.79. The molecule has 0 unspecified atom stereocenters. The zero-order chi connectivity index (χ0) is 23.4. The third-order valence-corrected chi connectivity index (χ3v) is 5.98. The second-order valence-corrected chi connectivity index (χ2v) is 8.53. The topological polar surface area (TPSA) is 52.6 Å². The molecule has 6 heteroatoms. The number of benzene rings is 3. The normalized spacial score (nSPS) is 13.8. The van der Waals surface area contributed by atoms with Crippen molar-refractivity contribution < 1.29 is 14.0 Å². The maximum Gasteiger partial charge on any atom is 0.324 e. The molecular weight excluding hydrogens is 417 g/mol. The van der Waals surface area contributed by atoms with Gasteiger partial charge in [-0.25, -0.2) is 9.18 Å². The van der Waals surface area contributed by atoms with E-state index in [-0.39, 0.29) is 24.2 Å². The number of nitrogens with zero attached hydrogens (tertiary/aromatic N) is 2. The number of hydrogen-bond donors (Lipinski definition) is 1. The molecule has 0 aliphatic carbocycles. The molecule has 0 bridgehead atoms. The summed E-state index contributed by atoms with van der Waals surface area (Å²) in [5, 5.41) is 2.88. The fraction of sp³-hybridized carbons (Fsp3) is 0.259. The van der Waals surface area contributed by atoms with Crippen molar-refractivity contribution in [3.8, 4) is 0 Å². The number of rotatable bonds is 6. The summed E-state index contributed by atoms with van der Waals surface area (Å²) in [6, 6.07) is 19.5. The summed E-state index contributed by atoms with van der Waals surface area (Å²) in [6.45, 7) is 6.09. The number of nitrogens with one attached hydrogen (secondary N) is 1. The van der Waals surface area contributed by atoms with Gasteiger partial charge in [0.05, 0.1) is 6.42 Å². The summed E-state index contributed by atoms with van der Waals surface area (Å²) in [7, 11) is 0. The van der Waals surface area contributed by atoms with E-state index in [1.165, 1.54) is 23.3 Å². The molecule has 0 saturated carbocycles. The zero-order valence-electron chi connectivity index (χ0n) is 19.0. The van der Waals surface area contributed by atoms with Crippen LogP contribution in [0.4, 0.5) is 20.6 Å². The van der Waals surface area contributed by atoms with Crippen molar-refractivity contribution in [2.45, 2.75) is 33.2 Å². The number of carbonyl (C=O) groups excluding carboxylic acids is 2. The van der Waals surface area contributed by atoms with Gasteiger partial charge in [0.1, 0.15) is 5.82 Å². The number of hydrogen-bond acceptors (Lipinski definition) is 2. The Morgan fingerprint density at radius 2 is 1.70 bits per heavy atom. The fourth-order valence-electron chi connectivity index (χ4n) is 4.03. The molecular formula is C27H28FN3O2. The van der Waals surface area contributed by atoms with Crippen LogP contribution in [-0.2, 0) is 17.8 Å². The van der Waals surface area contributed by atoms with Crippen LogP contribution in [0.5, 0.6) is 0 Å². The van der Waals surface area contributed by atoms with Crippen molar-refractivity contribution in [3.05, 3.63) is 94.8 Å². The molecule has 170 valence electrons. The van der Waals surface area contributed by atoms with Gasteiger partial charge in [0, 0.05) is 31.0 Å². The highest BCUT2D eigenvalue weighted by atomic mass is 19.1. The van der Waals surface area contributed by atoms with Gasteiger partial charge < -0.3 is 10.2 Å². The Morgan fingerprint density at radius 3 is 2.45 bits per heavy atom. The number of halogens is 1. The predicted octanol–water partition coefficient (Wildman–Crippen LogP) is 5.46. The van der Waals surface area contributed by atoms with E-state index in [0.717, 1.165) is 29.8 Å². The lowest BCUT2D eigenvalue weighted by Gasteiger charge is -2.36. The first-order valence-corrected chi connectivity index (χ1v) is 11.2. The van der Waals surface area contributed by atoms with Crippen molar-refractivity contribution in [2.24, 2.45) is 0 Å². The largest absolute Gasteiger partial charge is 0.326 e. The van der Waals surface area contributed by atoms with Crippen LogP contribution in [0.1, 0.15) is 28.7 Å². The van der Waals surface area contributed by atoms with E-state index in [1.807, 2.05) is 23.1 Å². The molecule has 3 aromatic carbocycles. The van der Waals surface area contributed by atoms with E-state index in [2.05, 4.69) is 37.4 Å². The molecule has 1 aliphatic heterocycles. The molecule has 0 aromatic heterocycles. The van der Waals surface area contributed by atoms with Crippen LogP contribution >= 0.6 is 0 Å². The highest BCUT2D eigenvalue weighted by Gasteiger charge is 2.27. The fourth-order valence-corrected chi connectivity index (χ4v) is 4.03. The summed E-state index contributed by atoms with van der Waals surface area (Å²) in [4.78, 5) is 29.3. The summed E-state index contributed by atoms with van der Waals surface area (Å²) in [6.07, 6.45) is 1.02. The van der Waals surface area contributed by atoms with Crippen LogP contribution in [0.15, 0.2) is 66.7 Å². The van der Waals surface area contributed by atoms with E-state index in [9.17, 15) is 14.0 Å². The van der Waals surface area contributed by atoms with Crippen molar-refractivity contribution in [2.75, 3.05) is 23.3 Å². The van der Waals surface area contributed by atoms with Gasteiger partial charge in [-0.05, 0) is 72.9 Å². The maximum absolute atomic E-state index is 13.2. The molecule has 5 nitrogen and oxygen atoms in total. The van der Waals surface area contributed by atoms with Gasteiger partial charge in [-0.15, -0.1) is 0 Å². The SMILES string of the molecule is Cc1ccc(CN2CCCN(c3cccc(NC(=O)Cc4ccc(F)cc4)c3)C2=O)cc1C. The number of aryl methyl sites for hydroxylation is 2. The Morgan fingerprint density at radius 1 is 0.939 bits per heavy atom. The van der Waals surface area contributed by atoms with Crippen LogP contribution in [0.2, 0.25) is 0 Å². The van der Waals surface area contributed by atoms with Crippen LogP contribution < -0.4 is 10.2 Å². The summed E-state index contributed by atoms with van der Waals surface area (Å²) >= 11 is 0. The molecule has 3 aromatic rings. The lowest BCUT2D eigenvalue weighted by Crippen LogP contribution is -2.49. The Bertz CT molecular complexity index is 1160. The summed E-state index contributed by atoms with van der Waals surface area (Å²) in [5.74, 6) is -0.523. The minimum Gasteiger partial charge on any atom is -0.326 e. The van der Waals surface area contributed by atoms with Crippen molar-refractivity contribution in [1.82, 2.24) is 4.90 Å². The molecule has 3 amide bonds. The number of anilines is 2. The molecule has 0 atom stereocenters. The second kappa shape index (κ2) is 9.86. The molecule has 1 heterocycles. The molecule has 0 radical (unpaired) electrons. The summed E-state index contributed by atoms with van der Waals surface area (Å²) in [5.41, 5.74) is 5.69.